The highest BCUT2D eigenvalue weighted by atomic mass is 79.9. The molecule has 1 atom stereocenters. The van der Waals surface area contributed by atoms with Crippen LogP contribution in [0.1, 0.15) is 23.6 Å². The topological polar surface area (TPSA) is 96.0 Å². The molecule has 0 spiro atoms. The summed E-state index contributed by atoms with van der Waals surface area (Å²) in [5.74, 6) is -0.379. The standard InChI is InChI=1S/C34H35Br2N3O5S/c1-4-37-34(41)31(20-25-8-6-5-7-9-25)38(22-26-12-14-27(35)15-13-26)33(40)23-39(28-16-10-24(2)11-17-28)45(42,43)29-18-19-32(44-3)30(36)21-29/h5-19,21,31H,4,20,22-23H2,1-3H3,(H,37,41)/t31-/m0/s1. The van der Waals surface area contributed by atoms with Crippen molar-refractivity contribution >= 4 is 59.4 Å². The number of hydrogen-bond acceptors (Lipinski definition) is 5. The Bertz CT molecular complexity index is 1720. The van der Waals surface area contributed by atoms with Gasteiger partial charge in [-0.3, -0.25) is 13.9 Å². The first kappa shape index (κ1) is 34.2. The molecule has 1 N–H and O–H groups in total. The van der Waals surface area contributed by atoms with Gasteiger partial charge < -0.3 is 15.0 Å². The normalized spacial score (nSPS) is 11.8. The number of benzene rings is 4. The molecule has 0 aromatic heterocycles. The Morgan fingerprint density at radius 3 is 2.16 bits per heavy atom. The first-order valence-corrected chi connectivity index (χ1v) is 17.3. The SMILES string of the molecule is CCNC(=O)[C@H](Cc1ccccc1)N(Cc1ccc(Br)cc1)C(=O)CN(c1ccc(C)cc1)S(=O)(=O)c1ccc(OC)c(Br)c1. The molecule has 2 amide bonds. The number of ether oxygens (including phenoxy) is 1. The van der Waals surface area contributed by atoms with E-state index in [-0.39, 0.29) is 23.8 Å². The van der Waals surface area contributed by atoms with E-state index in [0.29, 0.717) is 22.5 Å². The lowest BCUT2D eigenvalue weighted by Gasteiger charge is -2.34. The van der Waals surface area contributed by atoms with Crippen LogP contribution in [0.3, 0.4) is 0 Å². The molecular formula is C34H35Br2N3O5S. The van der Waals surface area contributed by atoms with Gasteiger partial charge in [0.05, 0.1) is 22.2 Å². The van der Waals surface area contributed by atoms with Crippen LogP contribution < -0.4 is 14.4 Å². The number of sulfonamides is 1. The summed E-state index contributed by atoms with van der Waals surface area (Å²) >= 11 is 6.83. The second-order valence-electron chi connectivity index (χ2n) is 10.4. The Labute approximate surface area is 281 Å². The van der Waals surface area contributed by atoms with Crippen molar-refractivity contribution in [2.24, 2.45) is 0 Å². The fraction of sp³-hybridized carbons (Fsp3) is 0.235. The average molecular weight is 758 g/mol. The van der Waals surface area contributed by atoms with E-state index < -0.39 is 28.5 Å². The fourth-order valence-electron chi connectivity index (χ4n) is 4.81. The van der Waals surface area contributed by atoms with Crippen molar-refractivity contribution in [3.8, 4) is 5.75 Å². The number of rotatable bonds is 13. The number of aryl methyl sites for hydroxylation is 1. The fourth-order valence-corrected chi connectivity index (χ4v) is 7.20. The summed E-state index contributed by atoms with van der Waals surface area (Å²) in [5.41, 5.74) is 2.92. The average Bonchev–Trinajstić information content (AvgIpc) is 3.03. The van der Waals surface area contributed by atoms with Crippen molar-refractivity contribution in [3.05, 3.63) is 123 Å². The summed E-state index contributed by atoms with van der Waals surface area (Å²) in [6.07, 6.45) is 0.248. The van der Waals surface area contributed by atoms with E-state index >= 15 is 0 Å². The van der Waals surface area contributed by atoms with E-state index in [1.54, 1.807) is 30.3 Å². The monoisotopic (exact) mass is 755 g/mol. The second kappa shape index (κ2) is 15.6. The lowest BCUT2D eigenvalue weighted by Crippen LogP contribution is -2.53. The Balaban J connectivity index is 1.80. The Morgan fingerprint density at radius 2 is 1.56 bits per heavy atom. The first-order valence-electron chi connectivity index (χ1n) is 14.3. The third-order valence-corrected chi connectivity index (χ3v) is 10.1. The smallest absolute Gasteiger partial charge is 0.264 e. The minimum Gasteiger partial charge on any atom is -0.496 e. The first-order chi connectivity index (χ1) is 21.5. The molecule has 8 nitrogen and oxygen atoms in total. The largest absolute Gasteiger partial charge is 0.496 e. The van der Waals surface area contributed by atoms with E-state index in [1.807, 2.05) is 68.4 Å². The van der Waals surface area contributed by atoms with Crippen LogP contribution in [0.25, 0.3) is 0 Å². The number of halogens is 2. The van der Waals surface area contributed by atoms with Crippen molar-refractivity contribution in [1.29, 1.82) is 0 Å². The number of carbonyl (C=O) groups excluding carboxylic acids is 2. The molecular weight excluding hydrogens is 722 g/mol. The lowest BCUT2D eigenvalue weighted by molar-refractivity contribution is -0.140. The molecule has 0 fully saturated rings. The molecule has 11 heteroatoms. The van der Waals surface area contributed by atoms with Crippen LogP contribution in [0.2, 0.25) is 0 Å². The number of carbonyl (C=O) groups is 2. The molecule has 0 heterocycles. The minimum atomic E-state index is -4.24. The van der Waals surface area contributed by atoms with E-state index in [9.17, 15) is 18.0 Å². The quantitative estimate of drug-likeness (QED) is 0.168. The van der Waals surface area contributed by atoms with Gasteiger partial charge in [-0.2, -0.15) is 0 Å². The van der Waals surface area contributed by atoms with Gasteiger partial charge in [0, 0.05) is 24.0 Å². The van der Waals surface area contributed by atoms with Crippen LogP contribution >= 0.6 is 31.9 Å². The number of nitrogens with zero attached hydrogens (tertiary/aromatic N) is 2. The molecule has 4 rings (SSSR count). The van der Waals surface area contributed by atoms with E-state index in [0.717, 1.165) is 25.5 Å². The number of methoxy groups -OCH3 is 1. The van der Waals surface area contributed by atoms with Crippen LogP contribution in [-0.2, 0) is 32.6 Å². The molecule has 0 unspecified atom stereocenters. The third kappa shape index (κ3) is 8.74. The molecule has 0 saturated heterocycles. The highest BCUT2D eigenvalue weighted by molar-refractivity contribution is 9.10. The van der Waals surface area contributed by atoms with E-state index in [1.165, 1.54) is 24.1 Å². The number of anilines is 1. The summed E-state index contributed by atoms with van der Waals surface area (Å²) in [6.45, 7) is 3.65. The predicted octanol–water partition coefficient (Wildman–Crippen LogP) is 6.50. The van der Waals surface area contributed by atoms with Crippen LogP contribution in [0.5, 0.6) is 5.75 Å². The zero-order chi connectivity index (χ0) is 32.6. The summed E-state index contributed by atoms with van der Waals surface area (Å²) < 4.78 is 36.2. The Morgan fingerprint density at radius 1 is 0.889 bits per heavy atom. The van der Waals surface area contributed by atoms with Gasteiger partial charge in [0.2, 0.25) is 11.8 Å². The van der Waals surface area contributed by atoms with Gasteiger partial charge in [-0.15, -0.1) is 0 Å². The van der Waals surface area contributed by atoms with Crippen molar-refractivity contribution < 1.29 is 22.7 Å². The number of likely N-dealkylation sites (N-methyl/N-ethyl adjacent to an activating group) is 1. The summed E-state index contributed by atoms with van der Waals surface area (Å²) in [7, 11) is -2.75. The van der Waals surface area contributed by atoms with Gasteiger partial charge in [0.1, 0.15) is 18.3 Å². The summed E-state index contributed by atoms with van der Waals surface area (Å²) in [4.78, 5) is 29.5. The maximum atomic E-state index is 14.5. The predicted molar refractivity (Wildman–Crippen MR) is 184 cm³/mol. The highest BCUT2D eigenvalue weighted by Gasteiger charge is 2.34. The van der Waals surface area contributed by atoms with Crippen molar-refractivity contribution in [3.63, 3.8) is 0 Å². The van der Waals surface area contributed by atoms with Crippen LogP contribution in [-0.4, -0.2) is 51.4 Å². The molecule has 0 radical (unpaired) electrons. The van der Waals surface area contributed by atoms with Gasteiger partial charge in [0.15, 0.2) is 0 Å². The van der Waals surface area contributed by atoms with Gasteiger partial charge in [-0.25, -0.2) is 8.42 Å². The zero-order valence-electron chi connectivity index (χ0n) is 25.2. The van der Waals surface area contributed by atoms with Crippen LogP contribution in [0.15, 0.2) is 111 Å². The second-order valence-corrected chi connectivity index (χ2v) is 14.0. The molecule has 4 aromatic rings. The molecule has 0 aliphatic rings. The van der Waals surface area contributed by atoms with Crippen LogP contribution in [0, 0.1) is 6.92 Å². The van der Waals surface area contributed by atoms with Crippen molar-refractivity contribution in [1.82, 2.24) is 10.2 Å². The van der Waals surface area contributed by atoms with Gasteiger partial charge >= 0.3 is 0 Å². The summed E-state index contributed by atoms with van der Waals surface area (Å²) in [5, 5.41) is 2.87. The van der Waals surface area contributed by atoms with Crippen LogP contribution in [0.4, 0.5) is 5.69 Å². The molecule has 0 aliphatic carbocycles. The van der Waals surface area contributed by atoms with Gasteiger partial charge in [-0.1, -0.05) is 76.1 Å². The minimum absolute atomic E-state index is 0.0208. The van der Waals surface area contributed by atoms with E-state index in [2.05, 4.69) is 37.2 Å². The van der Waals surface area contributed by atoms with Crippen molar-refractivity contribution in [2.45, 2.75) is 37.8 Å². The van der Waals surface area contributed by atoms with E-state index in [4.69, 9.17) is 4.74 Å². The maximum Gasteiger partial charge on any atom is 0.264 e. The molecule has 45 heavy (non-hydrogen) atoms. The molecule has 4 aromatic carbocycles. The number of hydrogen-bond donors (Lipinski definition) is 1. The van der Waals surface area contributed by atoms with Crippen molar-refractivity contribution in [2.75, 3.05) is 24.5 Å². The molecule has 0 aliphatic heterocycles. The third-order valence-electron chi connectivity index (χ3n) is 7.20. The van der Waals surface area contributed by atoms with Gasteiger partial charge in [-0.05, 0) is 83.4 Å². The molecule has 0 saturated carbocycles. The number of nitrogens with one attached hydrogen (secondary N) is 1. The Hall–Kier alpha value is -3.67. The molecule has 0 bridgehead atoms. The highest BCUT2D eigenvalue weighted by Crippen LogP contribution is 2.31. The lowest BCUT2D eigenvalue weighted by atomic mass is 10.0. The number of amides is 2. The maximum absolute atomic E-state index is 14.5. The molecule has 236 valence electrons. The zero-order valence-corrected chi connectivity index (χ0v) is 29.2. The van der Waals surface area contributed by atoms with Gasteiger partial charge in [0.25, 0.3) is 10.0 Å². The Kier molecular flexibility index (Phi) is 11.8. The summed E-state index contributed by atoms with van der Waals surface area (Å²) in [6, 6.07) is 27.4.